The van der Waals surface area contributed by atoms with Crippen LogP contribution in [0.3, 0.4) is 0 Å². The standard InChI is InChI=1S/C13H18N2O6S2/c1-2-22(17,18)12-7-15(8-12)23(19,20)11-5-3-10(4-6-11)21-9-13(14)16/h3-6,12H,2,7-9H2,1H3,(H2,14,16). The summed E-state index contributed by atoms with van der Waals surface area (Å²) < 4.78 is 54.3. The molecule has 0 unspecified atom stereocenters. The average Bonchev–Trinajstić information content (AvgIpc) is 2.43. The molecule has 1 aromatic carbocycles. The molecule has 8 nitrogen and oxygen atoms in total. The third-order valence-electron chi connectivity index (χ3n) is 3.57. The van der Waals surface area contributed by atoms with E-state index in [1.54, 1.807) is 0 Å². The van der Waals surface area contributed by atoms with Gasteiger partial charge in [0, 0.05) is 18.8 Å². The van der Waals surface area contributed by atoms with Crippen LogP contribution in [0, 0.1) is 0 Å². The lowest BCUT2D eigenvalue weighted by molar-refractivity contribution is -0.119. The highest BCUT2D eigenvalue weighted by Gasteiger charge is 2.42. The molecule has 0 radical (unpaired) electrons. The molecule has 1 aliphatic heterocycles. The van der Waals surface area contributed by atoms with Crippen molar-refractivity contribution in [1.82, 2.24) is 4.31 Å². The van der Waals surface area contributed by atoms with Gasteiger partial charge in [-0.2, -0.15) is 4.31 Å². The lowest BCUT2D eigenvalue weighted by atomic mass is 10.3. The van der Waals surface area contributed by atoms with Crippen molar-refractivity contribution >= 4 is 25.8 Å². The van der Waals surface area contributed by atoms with Gasteiger partial charge in [0.15, 0.2) is 16.4 Å². The van der Waals surface area contributed by atoms with Crippen LogP contribution in [-0.2, 0) is 24.7 Å². The van der Waals surface area contributed by atoms with Gasteiger partial charge in [-0.3, -0.25) is 4.79 Å². The number of rotatable bonds is 7. The zero-order valence-electron chi connectivity index (χ0n) is 12.5. The van der Waals surface area contributed by atoms with Crippen LogP contribution in [0.25, 0.3) is 0 Å². The van der Waals surface area contributed by atoms with Crippen molar-refractivity contribution in [2.24, 2.45) is 5.73 Å². The molecule has 2 N–H and O–H groups in total. The van der Waals surface area contributed by atoms with E-state index < -0.39 is 31.0 Å². The molecule has 0 saturated carbocycles. The quantitative estimate of drug-likeness (QED) is 0.688. The van der Waals surface area contributed by atoms with E-state index in [1.165, 1.54) is 31.2 Å². The van der Waals surface area contributed by atoms with Crippen molar-refractivity contribution in [3.63, 3.8) is 0 Å². The second-order valence-electron chi connectivity index (χ2n) is 5.12. The maximum atomic E-state index is 12.4. The summed E-state index contributed by atoms with van der Waals surface area (Å²) in [4.78, 5) is 10.7. The maximum Gasteiger partial charge on any atom is 0.255 e. The first-order chi connectivity index (χ1) is 10.7. The van der Waals surface area contributed by atoms with Gasteiger partial charge in [0.1, 0.15) is 5.75 Å². The molecule has 1 heterocycles. The molecule has 2 rings (SSSR count). The Morgan fingerprint density at radius 2 is 1.78 bits per heavy atom. The van der Waals surface area contributed by atoms with E-state index in [0.717, 1.165) is 4.31 Å². The Bertz CT molecular complexity index is 780. The molecule has 1 fully saturated rings. The summed E-state index contributed by atoms with van der Waals surface area (Å²) in [7, 11) is -6.96. The summed E-state index contributed by atoms with van der Waals surface area (Å²) in [5, 5.41) is -0.638. The van der Waals surface area contributed by atoms with Crippen molar-refractivity contribution < 1.29 is 26.4 Å². The fourth-order valence-corrected chi connectivity index (χ4v) is 5.08. The van der Waals surface area contributed by atoms with Crippen molar-refractivity contribution in [3.05, 3.63) is 24.3 Å². The van der Waals surface area contributed by atoms with E-state index in [4.69, 9.17) is 10.5 Å². The highest BCUT2D eigenvalue weighted by atomic mass is 32.2. The zero-order chi connectivity index (χ0) is 17.3. The largest absolute Gasteiger partial charge is 0.484 e. The van der Waals surface area contributed by atoms with E-state index in [9.17, 15) is 21.6 Å². The molecule has 0 spiro atoms. The van der Waals surface area contributed by atoms with Crippen LogP contribution in [0.4, 0.5) is 0 Å². The lowest BCUT2D eigenvalue weighted by Crippen LogP contribution is -2.57. The predicted octanol–water partition coefficient (Wildman–Crippen LogP) is -0.642. The summed E-state index contributed by atoms with van der Waals surface area (Å²) in [6.07, 6.45) is 0. The molecular formula is C13H18N2O6S2. The van der Waals surface area contributed by atoms with E-state index >= 15 is 0 Å². The molecule has 128 valence electrons. The highest BCUT2D eigenvalue weighted by Crippen LogP contribution is 2.26. The number of nitrogens with zero attached hydrogens (tertiary/aromatic N) is 1. The Morgan fingerprint density at radius 3 is 2.26 bits per heavy atom. The summed E-state index contributed by atoms with van der Waals surface area (Å²) >= 11 is 0. The summed E-state index contributed by atoms with van der Waals surface area (Å²) in [5.41, 5.74) is 4.95. The number of nitrogens with two attached hydrogens (primary N) is 1. The van der Waals surface area contributed by atoms with E-state index in [-0.39, 0.29) is 30.3 Å². The van der Waals surface area contributed by atoms with Gasteiger partial charge in [0.2, 0.25) is 10.0 Å². The molecule has 10 heteroatoms. The molecule has 23 heavy (non-hydrogen) atoms. The minimum absolute atomic E-state index is 0.00253. The van der Waals surface area contributed by atoms with E-state index in [2.05, 4.69) is 0 Å². The van der Waals surface area contributed by atoms with Gasteiger partial charge >= 0.3 is 0 Å². The number of ether oxygens (including phenoxy) is 1. The van der Waals surface area contributed by atoms with Gasteiger partial charge in [-0.25, -0.2) is 16.8 Å². The number of hydrogen-bond donors (Lipinski definition) is 1. The van der Waals surface area contributed by atoms with Crippen LogP contribution in [-0.4, -0.2) is 57.7 Å². The first kappa shape index (κ1) is 17.7. The fraction of sp³-hybridized carbons (Fsp3) is 0.462. The van der Waals surface area contributed by atoms with Gasteiger partial charge in [0.25, 0.3) is 5.91 Å². The maximum absolute atomic E-state index is 12.4. The molecular weight excluding hydrogens is 344 g/mol. The van der Waals surface area contributed by atoms with Crippen LogP contribution in [0.1, 0.15) is 6.92 Å². The second kappa shape index (κ2) is 6.46. The molecule has 0 atom stereocenters. The molecule has 0 aromatic heterocycles. The van der Waals surface area contributed by atoms with Crippen molar-refractivity contribution in [3.8, 4) is 5.75 Å². The first-order valence-corrected chi connectivity index (χ1v) is 10.0. The monoisotopic (exact) mass is 362 g/mol. The third kappa shape index (κ3) is 3.82. The number of carbonyl (C=O) groups excluding carboxylic acids is 1. The second-order valence-corrected chi connectivity index (χ2v) is 9.63. The molecule has 1 saturated heterocycles. The minimum Gasteiger partial charge on any atom is -0.484 e. The highest BCUT2D eigenvalue weighted by molar-refractivity contribution is 7.92. The van der Waals surface area contributed by atoms with Crippen LogP contribution >= 0.6 is 0 Å². The Balaban J connectivity index is 2.05. The Labute approximate surface area is 135 Å². The SMILES string of the molecule is CCS(=O)(=O)C1CN(S(=O)(=O)c2ccc(OCC(N)=O)cc2)C1. The van der Waals surface area contributed by atoms with Gasteiger partial charge < -0.3 is 10.5 Å². The Kier molecular flexibility index (Phi) is 4.97. The number of primary amides is 1. The molecule has 1 aliphatic rings. The normalized spacial score (nSPS) is 16.7. The summed E-state index contributed by atoms with van der Waals surface area (Å²) in [5.74, 6) is -0.319. The molecule has 1 amide bonds. The number of amides is 1. The van der Waals surface area contributed by atoms with Gasteiger partial charge in [-0.15, -0.1) is 0 Å². The first-order valence-electron chi connectivity index (χ1n) is 6.89. The van der Waals surface area contributed by atoms with Crippen LogP contribution in [0.2, 0.25) is 0 Å². The van der Waals surface area contributed by atoms with Gasteiger partial charge in [-0.05, 0) is 24.3 Å². The third-order valence-corrected chi connectivity index (χ3v) is 7.53. The summed E-state index contributed by atoms with van der Waals surface area (Å²) in [6, 6.07) is 5.51. The van der Waals surface area contributed by atoms with E-state index in [1.807, 2.05) is 0 Å². The average molecular weight is 362 g/mol. The van der Waals surface area contributed by atoms with Crippen LogP contribution < -0.4 is 10.5 Å². The van der Waals surface area contributed by atoms with Gasteiger partial charge in [-0.1, -0.05) is 6.92 Å². The number of carbonyl (C=O) groups is 1. The van der Waals surface area contributed by atoms with Gasteiger partial charge in [0.05, 0.1) is 10.1 Å². The number of sulfonamides is 1. The molecule has 0 aliphatic carbocycles. The minimum atomic E-state index is -3.73. The van der Waals surface area contributed by atoms with Crippen LogP contribution in [0.5, 0.6) is 5.75 Å². The van der Waals surface area contributed by atoms with E-state index in [0.29, 0.717) is 5.75 Å². The van der Waals surface area contributed by atoms with Crippen molar-refractivity contribution in [2.75, 3.05) is 25.4 Å². The van der Waals surface area contributed by atoms with Crippen molar-refractivity contribution in [2.45, 2.75) is 17.1 Å². The number of benzene rings is 1. The Morgan fingerprint density at radius 1 is 1.22 bits per heavy atom. The Hall–Kier alpha value is -1.65. The smallest absolute Gasteiger partial charge is 0.255 e. The fourth-order valence-electron chi connectivity index (χ4n) is 2.07. The topological polar surface area (TPSA) is 124 Å². The summed E-state index contributed by atoms with van der Waals surface area (Å²) in [6.45, 7) is 1.18. The molecule has 1 aromatic rings. The lowest BCUT2D eigenvalue weighted by Gasteiger charge is -2.37. The van der Waals surface area contributed by atoms with Crippen molar-refractivity contribution in [1.29, 1.82) is 0 Å². The zero-order valence-corrected chi connectivity index (χ0v) is 14.1. The predicted molar refractivity (Wildman–Crippen MR) is 83.1 cm³/mol. The molecule has 0 bridgehead atoms. The van der Waals surface area contributed by atoms with Crippen LogP contribution in [0.15, 0.2) is 29.2 Å². The number of sulfone groups is 1. The number of hydrogen-bond acceptors (Lipinski definition) is 6.